The maximum atomic E-state index is 12.7. The molecule has 140 valence electrons. The Morgan fingerprint density at radius 2 is 2.04 bits per heavy atom. The molecule has 1 amide bonds. The molecule has 0 saturated carbocycles. The van der Waals surface area contributed by atoms with Gasteiger partial charge in [-0.05, 0) is 53.0 Å². The zero-order valence-corrected chi connectivity index (χ0v) is 15.9. The largest absolute Gasteiger partial charge is 0.381 e. The Balaban J connectivity index is 1.55. The predicted molar refractivity (Wildman–Crippen MR) is 97.4 cm³/mol. The number of rotatable bonds is 5. The Bertz CT molecular complexity index is 592. The van der Waals surface area contributed by atoms with E-state index in [-0.39, 0.29) is 11.8 Å². The highest BCUT2D eigenvalue weighted by Gasteiger charge is 2.30. The lowest BCUT2D eigenvalue weighted by Gasteiger charge is -2.39. The highest BCUT2D eigenvalue weighted by molar-refractivity contribution is 5.79. The highest BCUT2D eigenvalue weighted by atomic mass is 16.5. The van der Waals surface area contributed by atoms with Gasteiger partial charge >= 0.3 is 0 Å². The van der Waals surface area contributed by atoms with Crippen LogP contribution in [0.3, 0.4) is 0 Å². The van der Waals surface area contributed by atoms with Crippen molar-refractivity contribution < 1.29 is 9.53 Å². The maximum absolute atomic E-state index is 12.7. The Labute approximate surface area is 150 Å². The molecule has 1 unspecified atom stereocenters. The Kier molecular flexibility index (Phi) is 6.12. The molecule has 1 N–H and O–H groups in total. The van der Waals surface area contributed by atoms with Gasteiger partial charge in [-0.3, -0.25) is 14.4 Å². The van der Waals surface area contributed by atoms with Crippen molar-refractivity contribution in [3.63, 3.8) is 0 Å². The Morgan fingerprint density at radius 3 is 2.72 bits per heavy atom. The van der Waals surface area contributed by atoms with E-state index in [9.17, 15) is 4.79 Å². The van der Waals surface area contributed by atoms with Crippen molar-refractivity contribution >= 4 is 5.91 Å². The SMILES string of the molecule is CCn1nc(C)c(CNC(=O)C2CCCN(C3CCOCC3)C2)c1C. The number of aromatic nitrogens is 2. The summed E-state index contributed by atoms with van der Waals surface area (Å²) in [6, 6.07) is 0.594. The van der Waals surface area contributed by atoms with E-state index >= 15 is 0 Å². The third kappa shape index (κ3) is 4.23. The molecule has 3 rings (SSSR count). The van der Waals surface area contributed by atoms with Gasteiger partial charge in [0.25, 0.3) is 0 Å². The lowest BCUT2D eigenvalue weighted by atomic mass is 9.94. The van der Waals surface area contributed by atoms with Gasteiger partial charge in [0.15, 0.2) is 0 Å². The minimum Gasteiger partial charge on any atom is -0.381 e. The van der Waals surface area contributed by atoms with Crippen LogP contribution in [-0.2, 0) is 22.6 Å². The van der Waals surface area contributed by atoms with Crippen molar-refractivity contribution in [2.24, 2.45) is 5.92 Å². The first kappa shape index (κ1) is 18.4. The summed E-state index contributed by atoms with van der Waals surface area (Å²) in [5.74, 6) is 0.304. The van der Waals surface area contributed by atoms with E-state index in [0.717, 1.165) is 75.5 Å². The number of carbonyl (C=O) groups is 1. The van der Waals surface area contributed by atoms with E-state index < -0.39 is 0 Å². The number of nitrogens with zero attached hydrogens (tertiary/aromatic N) is 3. The van der Waals surface area contributed by atoms with Crippen LogP contribution in [0.1, 0.15) is 49.6 Å². The summed E-state index contributed by atoms with van der Waals surface area (Å²) >= 11 is 0. The Hall–Kier alpha value is -1.40. The molecule has 1 aromatic rings. The van der Waals surface area contributed by atoms with Gasteiger partial charge in [-0.15, -0.1) is 0 Å². The number of nitrogens with one attached hydrogen (secondary N) is 1. The van der Waals surface area contributed by atoms with Crippen LogP contribution in [0.2, 0.25) is 0 Å². The van der Waals surface area contributed by atoms with Gasteiger partial charge < -0.3 is 10.1 Å². The van der Waals surface area contributed by atoms with Crippen LogP contribution in [0.4, 0.5) is 0 Å². The summed E-state index contributed by atoms with van der Waals surface area (Å²) in [4.78, 5) is 15.2. The molecule has 1 atom stereocenters. The van der Waals surface area contributed by atoms with E-state index in [1.165, 1.54) is 0 Å². The molecule has 1 aromatic heterocycles. The highest BCUT2D eigenvalue weighted by Crippen LogP contribution is 2.23. The third-order valence-electron chi connectivity index (χ3n) is 5.80. The molecular weight excluding hydrogens is 316 g/mol. The monoisotopic (exact) mass is 348 g/mol. The average Bonchev–Trinajstić information content (AvgIpc) is 2.93. The molecule has 2 aliphatic heterocycles. The standard InChI is InChI=1S/C19H32N4O2/c1-4-23-15(3)18(14(2)21-23)12-20-19(24)16-6-5-9-22(13-16)17-7-10-25-11-8-17/h16-17H,4-13H2,1-3H3,(H,20,24). The van der Waals surface area contributed by atoms with Crippen LogP contribution < -0.4 is 5.32 Å². The fourth-order valence-electron chi connectivity index (χ4n) is 4.22. The molecule has 6 heteroatoms. The third-order valence-corrected chi connectivity index (χ3v) is 5.80. The lowest BCUT2D eigenvalue weighted by Crippen LogP contribution is -2.48. The molecule has 0 radical (unpaired) electrons. The van der Waals surface area contributed by atoms with Crippen LogP contribution in [0, 0.1) is 19.8 Å². The molecular formula is C19H32N4O2. The van der Waals surface area contributed by atoms with Gasteiger partial charge in [0.05, 0.1) is 11.6 Å². The van der Waals surface area contributed by atoms with Gasteiger partial charge in [-0.1, -0.05) is 0 Å². The van der Waals surface area contributed by atoms with Crippen molar-refractivity contribution in [2.75, 3.05) is 26.3 Å². The van der Waals surface area contributed by atoms with Crippen LogP contribution >= 0.6 is 0 Å². The number of amides is 1. The number of hydrogen-bond acceptors (Lipinski definition) is 4. The number of ether oxygens (including phenoxy) is 1. The van der Waals surface area contributed by atoms with Crippen LogP contribution in [0.25, 0.3) is 0 Å². The molecule has 0 aromatic carbocycles. The van der Waals surface area contributed by atoms with Crippen LogP contribution in [-0.4, -0.2) is 52.9 Å². The molecule has 0 aliphatic carbocycles. The topological polar surface area (TPSA) is 59.4 Å². The second-order valence-electron chi connectivity index (χ2n) is 7.36. The molecule has 6 nitrogen and oxygen atoms in total. The first-order chi connectivity index (χ1) is 12.1. The van der Waals surface area contributed by atoms with Crippen molar-refractivity contribution in [2.45, 2.75) is 65.6 Å². The lowest BCUT2D eigenvalue weighted by molar-refractivity contribution is -0.127. The quantitative estimate of drug-likeness (QED) is 0.884. The fourth-order valence-corrected chi connectivity index (χ4v) is 4.22. The Morgan fingerprint density at radius 1 is 1.28 bits per heavy atom. The zero-order chi connectivity index (χ0) is 17.8. The zero-order valence-electron chi connectivity index (χ0n) is 15.9. The first-order valence-corrected chi connectivity index (χ1v) is 9.72. The normalized spacial score (nSPS) is 22.9. The summed E-state index contributed by atoms with van der Waals surface area (Å²) < 4.78 is 7.48. The second kappa shape index (κ2) is 8.32. The number of hydrogen-bond donors (Lipinski definition) is 1. The number of carbonyl (C=O) groups excluding carboxylic acids is 1. The summed E-state index contributed by atoms with van der Waals surface area (Å²) in [5, 5.41) is 7.71. The molecule has 0 spiro atoms. The van der Waals surface area contributed by atoms with Gasteiger partial charge in [0.2, 0.25) is 5.91 Å². The van der Waals surface area contributed by atoms with E-state index in [1.54, 1.807) is 0 Å². The number of piperidine rings is 1. The van der Waals surface area contributed by atoms with Gasteiger partial charge in [-0.2, -0.15) is 5.10 Å². The first-order valence-electron chi connectivity index (χ1n) is 9.72. The molecule has 25 heavy (non-hydrogen) atoms. The van der Waals surface area contributed by atoms with Crippen LogP contribution in [0.5, 0.6) is 0 Å². The molecule has 0 bridgehead atoms. The van der Waals surface area contributed by atoms with Crippen molar-refractivity contribution in [3.8, 4) is 0 Å². The summed E-state index contributed by atoms with van der Waals surface area (Å²) in [6.45, 7) is 11.4. The summed E-state index contributed by atoms with van der Waals surface area (Å²) in [6.07, 6.45) is 4.31. The van der Waals surface area contributed by atoms with Crippen molar-refractivity contribution in [1.82, 2.24) is 20.0 Å². The second-order valence-corrected chi connectivity index (χ2v) is 7.36. The predicted octanol–water partition coefficient (Wildman–Crippen LogP) is 2.03. The van der Waals surface area contributed by atoms with Gasteiger partial charge in [0, 0.05) is 50.1 Å². The van der Waals surface area contributed by atoms with Gasteiger partial charge in [0.1, 0.15) is 0 Å². The van der Waals surface area contributed by atoms with Gasteiger partial charge in [-0.25, -0.2) is 0 Å². The van der Waals surface area contributed by atoms with E-state index in [1.807, 2.05) is 11.6 Å². The molecule has 3 heterocycles. The van der Waals surface area contributed by atoms with E-state index in [4.69, 9.17) is 4.74 Å². The summed E-state index contributed by atoms with van der Waals surface area (Å²) in [5.41, 5.74) is 3.34. The molecule has 2 fully saturated rings. The number of likely N-dealkylation sites (tertiary alicyclic amines) is 1. The van der Waals surface area contributed by atoms with Crippen LogP contribution in [0.15, 0.2) is 0 Å². The smallest absolute Gasteiger partial charge is 0.224 e. The maximum Gasteiger partial charge on any atom is 0.224 e. The minimum absolute atomic E-state index is 0.110. The fraction of sp³-hybridized carbons (Fsp3) is 0.789. The minimum atomic E-state index is 0.110. The van der Waals surface area contributed by atoms with Crippen molar-refractivity contribution in [1.29, 1.82) is 0 Å². The molecule has 2 saturated heterocycles. The van der Waals surface area contributed by atoms with Crippen molar-refractivity contribution in [3.05, 3.63) is 17.0 Å². The average molecular weight is 348 g/mol. The molecule has 2 aliphatic rings. The number of aryl methyl sites for hydroxylation is 2. The van der Waals surface area contributed by atoms with E-state index in [2.05, 4.69) is 29.2 Å². The van der Waals surface area contributed by atoms with E-state index in [0.29, 0.717) is 12.6 Å². The summed E-state index contributed by atoms with van der Waals surface area (Å²) in [7, 11) is 0.